The molecule has 2 aromatic carbocycles. The standard InChI is InChI=1S/C27H26N4O3/c1-4-33-22-8-5-7-21(17-22)31-26(32)20-11-10-18(2)24(15-20)34-27-23(9-6-13-30-27)19-12-14-29-25(16-19)28-3/h5-17H,4H2,1-3H3,(H,28,29)(H,31,32). The van der Waals surface area contributed by atoms with E-state index >= 15 is 0 Å². The van der Waals surface area contributed by atoms with Gasteiger partial charge in [0.25, 0.3) is 5.91 Å². The second kappa shape index (κ2) is 10.5. The number of hydrogen-bond acceptors (Lipinski definition) is 6. The lowest BCUT2D eigenvalue weighted by Gasteiger charge is -2.14. The van der Waals surface area contributed by atoms with E-state index in [1.165, 1.54) is 0 Å². The van der Waals surface area contributed by atoms with Crippen LogP contribution in [0.5, 0.6) is 17.4 Å². The van der Waals surface area contributed by atoms with Crippen molar-refractivity contribution in [3.63, 3.8) is 0 Å². The molecule has 0 bridgehead atoms. The van der Waals surface area contributed by atoms with Gasteiger partial charge in [0.05, 0.1) is 6.61 Å². The number of nitrogens with one attached hydrogen (secondary N) is 2. The zero-order valence-corrected chi connectivity index (χ0v) is 19.3. The van der Waals surface area contributed by atoms with Crippen molar-refractivity contribution in [2.75, 3.05) is 24.3 Å². The fraction of sp³-hybridized carbons (Fsp3) is 0.148. The number of hydrogen-bond donors (Lipinski definition) is 2. The van der Waals surface area contributed by atoms with E-state index in [2.05, 4.69) is 20.6 Å². The van der Waals surface area contributed by atoms with E-state index in [0.29, 0.717) is 35.2 Å². The number of ether oxygens (including phenoxy) is 2. The summed E-state index contributed by atoms with van der Waals surface area (Å²) in [5.74, 6) is 2.20. The summed E-state index contributed by atoms with van der Waals surface area (Å²) in [6.45, 7) is 4.40. The van der Waals surface area contributed by atoms with Crippen LogP contribution in [0.2, 0.25) is 0 Å². The maximum atomic E-state index is 12.9. The minimum Gasteiger partial charge on any atom is -0.494 e. The van der Waals surface area contributed by atoms with Crippen LogP contribution < -0.4 is 20.1 Å². The average molecular weight is 455 g/mol. The first-order valence-corrected chi connectivity index (χ1v) is 11.0. The molecule has 0 spiro atoms. The van der Waals surface area contributed by atoms with E-state index < -0.39 is 0 Å². The molecule has 0 aliphatic carbocycles. The third-order valence-electron chi connectivity index (χ3n) is 5.16. The lowest BCUT2D eigenvalue weighted by atomic mass is 10.1. The zero-order valence-electron chi connectivity index (χ0n) is 19.3. The molecule has 1 amide bonds. The summed E-state index contributed by atoms with van der Waals surface area (Å²) in [6.07, 6.45) is 3.41. The van der Waals surface area contributed by atoms with Gasteiger partial charge >= 0.3 is 0 Å². The molecule has 0 saturated carbocycles. The number of nitrogens with zero attached hydrogens (tertiary/aromatic N) is 2. The Morgan fingerprint density at radius 2 is 1.85 bits per heavy atom. The van der Waals surface area contributed by atoms with Crippen LogP contribution in [-0.4, -0.2) is 29.5 Å². The van der Waals surface area contributed by atoms with Crippen LogP contribution in [-0.2, 0) is 0 Å². The first-order chi connectivity index (χ1) is 16.6. The second-order valence-electron chi connectivity index (χ2n) is 7.53. The summed E-state index contributed by atoms with van der Waals surface area (Å²) in [6, 6.07) is 20.3. The van der Waals surface area contributed by atoms with Crippen LogP contribution in [0.25, 0.3) is 11.1 Å². The third-order valence-corrected chi connectivity index (χ3v) is 5.16. The Bertz CT molecular complexity index is 1310. The molecule has 7 nitrogen and oxygen atoms in total. The number of aromatic nitrogens is 2. The Balaban J connectivity index is 1.59. The van der Waals surface area contributed by atoms with Gasteiger partial charge in [-0.25, -0.2) is 9.97 Å². The van der Waals surface area contributed by atoms with Crippen LogP contribution in [0.3, 0.4) is 0 Å². The Labute approximate surface area is 198 Å². The normalized spacial score (nSPS) is 10.4. The summed E-state index contributed by atoms with van der Waals surface area (Å²) < 4.78 is 11.7. The number of pyridine rings is 2. The third kappa shape index (κ3) is 5.32. The number of carbonyl (C=O) groups excluding carboxylic acids is 1. The molecule has 7 heteroatoms. The van der Waals surface area contributed by atoms with Gasteiger partial charge in [-0.3, -0.25) is 4.79 Å². The summed E-state index contributed by atoms with van der Waals surface area (Å²) in [4.78, 5) is 21.6. The Morgan fingerprint density at radius 3 is 2.68 bits per heavy atom. The lowest BCUT2D eigenvalue weighted by molar-refractivity contribution is 0.102. The molecule has 2 N–H and O–H groups in total. The van der Waals surface area contributed by atoms with Crippen molar-refractivity contribution >= 4 is 17.4 Å². The molecule has 2 aromatic heterocycles. The van der Waals surface area contributed by atoms with Crippen molar-refractivity contribution in [3.05, 3.63) is 90.3 Å². The van der Waals surface area contributed by atoms with Crippen LogP contribution in [0.4, 0.5) is 11.5 Å². The molecule has 0 aliphatic heterocycles. The minimum absolute atomic E-state index is 0.243. The largest absolute Gasteiger partial charge is 0.494 e. The summed E-state index contributed by atoms with van der Waals surface area (Å²) in [5, 5.41) is 5.95. The molecule has 0 saturated heterocycles. The van der Waals surface area contributed by atoms with E-state index in [-0.39, 0.29) is 5.91 Å². The maximum absolute atomic E-state index is 12.9. The van der Waals surface area contributed by atoms with E-state index in [1.54, 1.807) is 30.6 Å². The van der Waals surface area contributed by atoms with Crippen molar-refractivity contribution < 1.29 is 14.3 Å². The summed E-state index contributed by atoms with van der Waals surface area (Å²) >= 11 is 0. The van der Waals surface area contributed by atoms with Gasteiger partial charge in [-0.05, 0) is 73.5 Å². The molecular weight excluding hydrogens is 428 g/mol. The van der Waals surface area contributed by atoms with Gasteiger partial charge in [-0.2, -0.15) is 0 Å². The van der Waals surface area contributed by atoms with Gasteiger partial charge in [0.2, 0.25) is 5.88 Å². The SMILES string of the molecule is CCOc1cccc(NC(=O)c2ccc(C)c(Oc3ncccc3-c3ccnc(NC)c3)c2)c1. The average Bonchev–Trinajstić information content (AvgIpc) is 2.86. The molecule has 4 rings (SSSR count). The highest BCUT2D eigenvalue weighted by atomic mass is 16.5. The van der Waals surface area contributed by atoms with Crippen molar-refractivity contribution in [2.24, 2.45) is 0 Å². The Kier molecular flexibility index (Phi) is 7.03. The summed E-state index contributed by atoms with van der Waals surface area (Å²) in [7, 11) is 1.82. The molecule has 172 valence electrons. The number of aryl methyl sites for hydroxylation is 1. The highest BCUT2D eigenvalue weighted by Crippen LogP contribution is 2.33. The van der Waals surface area contributed by atoms with Gasteiger partial charge < -0.3 is 20.1 Å². The van der Waals surface area contributed by atoms with Crippen molar-refractivity contribution in [2.45, 2.75) is 13.8 Å². The van der Waals surface area contributed by atoms with Crippen LogP contribution >= 0.6 is 0 Å². The van der Waals surface area contributed by atoms with Crippen molar-refractivity contribution in [3.8, 4) is 28.5 Å². The zero-order chi connectivity index (χ0) is 23.9. The molecule has 4 aromatic rings. The first kappa shape index (κ1) is 22.8. The molecule has 2 heterocycles. The van der Waals surface area contributed by atoms with E-state index in [4.69, 9.17) is 9.47 Å². The van der Waals surface area contributed by atoms with Crippen molar-refractivity contribution in [1.29, 1.82) is 0 Å². The maximum Gasteiger partial charge on any atom is 0.255 e. The Hall–Kier alpha value is -4.39. The van der Waals surface area contributed by atoms with E-state index in [0.717, 1.165) is 22.5 Å². The molecule has 0 atom stereocenters. The molecule has 0 fully saturated rings. The first-order valence-electron chi connectivity index (χ1n) is 11.0. The number of rotatable bonds is 8. The van der Waals surface area contributed by atoms with Gasteiger partial charge in [0, 0.05) is 42.3 Å². The monoisotopic (exact) mass is 454 g/mol. The molecule has 0 radical (unpaired) electrons. The fourth-order valence-electron chi connectivity index (χ4n) is 3.42. The predicted octanol–water partition coefficient (Wildman–Crippen LogP) is 5.94. The molecular formula is C27H26N4O3. The Morgan fingerprint density at radius 1 is 0.971 bits per heavy atom. The lowest BCUT2D eigenvalue weighted by Crippen LogP contribution is -2.12. The molecule has 0 unspecified atom stereocenters. The number of benzene rings is 2. The topological polar surface area (TPSA) is 85.4 Å². The predicted molar refractivity (Wildman–Crippen MR) is 134 cm³/mol. The van der Waals surface area contributed by atoms with Gasteiger partial charge in [0.15, 0.2) is 0 Å². The quantitative estimate of drug-likeness (QED) is 0.343. The summed E-state index contributed by atoms with van der Waals surface area (Å²) in [5.41, 5.74) is 3.76. The molecule has 34 heavy (non-hydrogen) atoms. The smallest absolute Gasteiger partial charge is 0.255 e. The van der Waals surface area contributed by atoms with Gasteiger partial charge in [0.1, 0.15) is 17.3 Å². The van der Waals surface area contributed by atoms with Gasteiger partial charge in [-0.1, -0.05) is 12.1 Å². The number of anilines is 2. The van der Waals surface area contributed by atoms with Crippen molar-refractivity contribution in [1.82, 2.24) is 9.97 Å². The fourth-order valence-corrected chi connectivity index (χ4v) is 3.42. The van der Waals surface area contributed by atoms with Crippen LogP contribution in [0, 0.1) is 6.92 Å². The van der Waals surface area contributed by atoms with E-state index in [1.807, 2.05) is 69.4 Å². The van der Waals surface area contributed by atoms with Crippen LogP contribution in [0.1, 0.15) is 22.8 Å². The second-order valence-corrected chi connectivity index (χ2v) is 7.53. The minimum atomic E-state index is -0.243. The van der Waals surface area contributed by atoms with E-state index in [9.17, 15) is 4.79 Å². The highest BCUT2D eigenvalue weighted by molar-refractivity contribution is 6.04. The number of carbonyl (C=O) groups is 1. The molecule has 0 aliphatic rings. The van der Waals surface area contributed by atoms with Crippen LogP contribution in [0.15, 0.2) is 79.1 Å². The number of amides is 1. The highest BCUT2D eigenvalue weighted by Gasteiger charge is 2.14. The van der Waals surface area contributed by atoms with Gasteiger partial charge in [-0.15, -0.1) is 0 Å².